The van der Waals surface area contributed by atoms with Crippen LogP contribution in [0.1, 0.15) is 31.1 Å². The van der Waals surface area contributed by atoms with Gasteiger partial charge in [-0.25, -0.2) is 4.98 Å². The molecule has 1 N–H and O–H groups in total. The van der Waals surface area contributed by atoms with Crippen LogP contribution in [0, 0.1) is 0 Å². The number of nitrogens with zero attached hydrogens (tertiary/aromatic N) is 2. The first-order valence-electron chi connectivity index (χ1n) is 7.42. The highest BCUT2D eigenvalue weighted by Crippen LogP contribution is 2.29. The van der Waals surface area contributed by atoms with Gasteiger partial charge in [-0.3, -0.25) is 0 Å². The van der Waals surface area contributed by atoms with E-state index in [4.69, 9.17) is 9.72 Å². The van der Waals surface area contributed by atoms with Crippen molar-refractivity contribution in [3.05, 3.63) is 40.9 Å². The molecule has 0 amide bonds. The minimum Gasteiger partial charge on any atom is -0.491 e. The molecule has 5 heteroatoms. The summed E-state index contributed by atoms with van der Waals surface area (Å²) in [4.78, 5) is 7.10. The van der Waals surface area contributed by atoms with Gasteiger partial charge >= 0.3 is 0 Å². The van der Waals surface area contributed by atoms with Crippen LogP contribution >= 0.6 is 11.3 Å². The maximum Gasteiger partial charge on any atom is 0.185 e. The number of hydrogen-bond donors (Lipinski definition) is 1. The van der Waals surface area contributed by atoms with Crippen molar-refractivity contribution in [2.75, 3.05) is 24.6 Å². The number of thiazole rings is 1. The van der Waals surface area contributed by atoms with Crippen molar-refractivity contribution in [3.8, 4) is 5.75 Å². The van der Waals surface area contributed by atoms with Crippen LogP contribution in [0.5, 0.6) is 5.75 Å². The second kappa shape index (κ2) is 6.45. The molecule has 2 heterocycles. The number of para-hydroxylation sites is 1. The van der Waals surface area contributed by atoms with E-state index in [0.29, 0.717) is 12.6 Å². The van der Waals surface area contributed by atoms with Crippen molar-refractivity contribution >= 4 is 16.5 Å². The van der Waals surface area contributed by atoms with Gasteiger partial charge in [-0.15, -0.1) is 11.3 Å². The van der Waals surface area contributed by atoms with E-state index in [2.05, 4.69) is 41.6 Å². The van der Waals surface area contributed by atoms with Gasteiger partial charge in [0.05, 0.1) is 12.2 Å². The van der Waals surface area contributed by atoms with Crippen LogP contribution in [-0.2, 0) is 6.54 Å². The Bertz CT molecular complexity index is 599. The molecule has 1 atom stereocenters. The summed E-state index contributed by atoms with van der Waals surface area (Å²) >= 11 is 1.71. The van der Waals surface area contributed by atoms with Gasteiger partial charge in [-0.2, -0.15) is 0 Å². The average molecular weight is 303 g/mol. The van der Waals surface area contributed by atoms with Crippen molar-refractivity contribution in [1.29, 1.82) is 0 Å². The van der Waals surface area contributed by atoms with E-state index in [-0.39, 0.29) is 0 Å². The van der Waals surface area contributed by atoms with Crippen LogP contribution in [-0.4, -0.2) is 24.7 Å². The average Bonchev–Trinajstić information content (AvgIpc) is 2.88. The van der Waals surface area contributed by atoms with E-state index in [9.17, 15) is 0 Å². The lowest BCUT2D eigenvalue weighted by atomic mass is 10.2. The molecule has 1 aromatic carbocycles. The zero-order valence-electron chi connectivity index (χ0n) is 12.5. The van der Waals surface area contributed by atoms with Crippen LogP contribution in [0.15, 0.2) is 29.6 Å². The molecule has 0 saturated heterocycles. The standard InChI is InChI=1S/C16H21N3OS/c1-3-17-12(2)14-11-21-16(18-14)19-8-9-20-15-7-5-4-6-13(15)10-19/h4-7,11-12,17H,3,8-10H2,1-2H3. The molecule has 1 aromatic heterocycles. The van der Waals surface area contributed by atoms with Gasteiger partial charge in [0.15, 0.2) is 5.13 Å². The summed E-state index contributed by atoms with van der Waals surface area (Å²) < 4.78 is 5.82. The van der Waals surface area contributed by atoms with Crippen molar-refractivity contribution in [2.45, 2.75) is 26.4 Å². The minimum atomic E-state index is 0.301. The van der Waals surface area contributed by atoms with Gasteiger partial charge in [-0.1, -0.05) is 25.1 Å². The maximum absolute atomic E-state index is 5.82. The van der Waals surface area contributed by atoms with Crippen LogP contribution < -0.4 is 15.0 Å². The molecular formula is C16H21N3OS. The Balaban J connectivity index is 1.78. The van der Waals surface area contributed by atoms with Crippen LogP contribution in [0.3, 0.4) is 0 Å². The smallest absolute Gasteiger partial charge is 0.185 e. The monoisotopic (exact) mass is 303 g/mol. The predicted octanol–water partition coefficient (Wildman–Crippen LogP) is 3.21. The zero-order valence-corrected chi connectivity index (χ0v) is 13.3. The number of anilines is 1. The Hall–Kier alpha value is -1.59. The Kier molecular flexibility index (Phi) is 4.41. The highest BCUT2D eigenvalue weighted by atomic mass is 32.1. The summed E-state index contributed by atoms with van der Waals surface area (Å²) in [6.45, 7) is 7.67. The lowest BCUT2D eigenvalue weighted by Crippen LogP contribution is -2.25. The molecule has 1 aliphatic rings. The fraction of sp³-hybridized carbons (Fsp3) is 0.438. The molecule has 21 heavy (non-hydrogen) atoms. The molecule has 0 saturated carbocycles. The van der Waals surface area contributed by atoms with Gasteiger partial charge in [0.1, 0.15) is 12.4 Å². The fourth-order valence-corrected chi connectivity index (χ4v) is 3.47. The number of rotatable bonds is 4. The first-order chi connectivity index (χ1) is 10.3. The molecule has 112 valence electrons. The third-order valence-electron chi connectivity index (χ3n) is 3.69. The Morgan fingerprint density at radius 1 is 1.43 bits per heavy atom. The van der Waals surface area contributed by atoms with Gasteiger partial charge in [0, 0.05) is 23.5 Å². The Morgan fingerprint density at radius 2 is 2.29 bits per heavy atom. The molecule has 1 aliphatic heterocycles. The van der Waals surface area contributed by atoms with Crippen LogP contribution in [0.4, 0.5) is 5.13 Å². The van der Waals surface area contributed by atoms with Gasteiger partial charge in [0.2, 0.25) is 0 Å². The van der Waals surface area contributed by atoms with Crippen molar-refractivity contribution in [3.63, 3.8) is 0 Å². The summed E-state index contributed by atoms with van der Waals surface area (Å²) in [5.74, 6) is 0.998. The van der Waals surface area contributed by atoms with E-state index in [0.717, 1.165) is 36.2 Å². The number of benzene rings is 1. The SMILES string of the molecule is CCNC(C)c1csc(N2CCOc3ccccc3C2)n1. The Labute approximate surface area is 129 Å². The quantitative estimate of drug-likeness (QED) is 0.941. The predicted molar refractivity (Wildman–Crippen MR) is 87.2 cm³/mol. The lowest BCUT2D eigenvalue weighted by Gasteiger charge is -2.18. The lowest BCUT2D eigenvalue weighted by molar-refractivity contribution is 0.331. The molecule has 0 bridgehead atoms. The molecule has 3 rings (SSSR count). The summed E-state index contributed by atoms with van der Waals surface area (Å²) in [7, 11) is 0. The fourth-order valence-electron chi connectivity index (χ4n) is 2.52. The number of nitrogens with one attached hydrogen (secondary N) is 1. The van der Waals surface area contributed by atoms with Gasteiger partial charge < -0.3 is 15.0 Å². The zero-order chi connectivity index (χ0) is 14.7. The van der Waals surface area contributed by atoms with E-state index < -0.39 is 0 Å². The molecule has 1 unspecified atom stereocenters. The number of aromatic nitrogens is 1. The second-order valence-electron chi connectivity index (χ2n) is 5.21. The Morgan fingerprint density at radius 3 is 3.14 bits per heavy atom. The molecule has 0 aliphatic carbocycles. The number of hydrogen-bond acceptors (Lipinski definition) is 5. The van der Waals surface area contributed by atoms with Crippen LogP contribution in [0.2, 0.25) is 0 Å². The van der Waals surface area contributed by atoms with E-state index in [1.165, 1.54) is 5.56 Å². The largest absolute Gasteiger partial charge is 0.491 e. The molecule has 0 fully saturated rings. The third kappa shape index (κ3) is 3.19. The minimum absolute atomic E-state index is 0.301. The highest BCUT2D eigenvalue weighted by Gasteiger charge is 2.18. The molecule has 4 nitrogen and oxygen atoms in total. The van der Waals surface area contributed by atoms with E-state index in [1.54, 1.807) is 11.3 Å². The summed E-state index contributed by atoms with van der Waals surface area (Å²) in [5, 5.41) is 6.64. The number of fused-ring (bicyclic) bond motifs is 1. The second-order valence-corrected chi connectivity index (χ2v) is 6.05. The maximum atomic E-state index is 5.82. The molecule has 0 spiro atoms. The van der Waals surface area contributed by atoms with E-state index in [1.807, 2.05) is 12.1 Å². The highest BCUT2D eigenvalue weighted by molar-refractivity contribution is 7.13. The molecular weight excluding hydrogens is 282 g/mol. The van der Waals surface area contributed by atoms with Crippen molar-refractivity contribution in [1.82, 2.24) is 10.3 Å². The van der Waals surface area contributed by atoms with E-state index >= 15 is 0 Å². The summed E-state index contributed by atoms with van der Waals surface area (Å²) in [6, 6.07) is 8.55. The summed E-state index contributed by atoms with van der Waals surface area (Å²) in [5.41, 5.74) is 2.35. The van der Waals surface area contributed by atoms with Crippen molar-refractivity contribution in [2.24, 2.45) is 0 Å². The molecule has 2 aromatic rings. The van der Waals surface area contributed by atoms with Crippen LogP contribution in [0.25, 0.3) is 0 Å². The summed E-state index contributed by atoms with van der Waals surface area (Å²) in [6.07, 6.45) is 0. The van der Waals surface area contributed by atoms with Gasteiger partial charge in [-0.05, 0) is 19.5 Å². The van der Waals surface area contributed by atoms with Gasteiger partial charge in [0.25, 0.3) is 0 Å². The first kappa shape index (κ1) is 14.4. The molecule has 0 radical (unpaired) electrons. The third-order valence-corrected chi connectivity index (χ3v) is 4.61. The number of ether oxygens (including phenoxy) is 1. The van der Waals surface area contributed by atoms with Crippen molar-refractivity contribution < 1.29 is 4.74 Å². The normalized spacial score (nSPS) is 16.0. The first-order valence-corrected chi connectivity index (χ1v) is 8.30. The topological polar surface area (TPSA) is 37.4 Å².